The number of hydrogen-bond donors (Lipinski definition) is 1. The number of aromatic nitrogens is 3. The molecule has 0 fully saturated rings. The molecule has 0 radical (unpaired) electrons. The van der Waals surface area contributed by atoms with E-state index >= 15 is 0 Å². The molecule has 1 aromatic heterocycles. The molecule has 2 N–H and O–H groups in total. The summed E-state index contributed by atoms with van der Waals surface area (Å²) in [5.41, 5.74) is 6.28. The zero-order valence-corrected chi connectivity index (χ0v) is 10.3. The highest BCUT2D eigenvalue weighted by atomic mass is 32.2. The molecular formula is C9H18N4O2S. The van der Waals surface area contributed by atoms with E-state index in [2.05, 4.69) is 10.3 Å². The van der Waals surface area contributed by atoms with E-state index in [1.54, 1.807) is 10.9 Å². The van der Waals surface area contributed by atoms with Gasteiger partial charge < -0.3 is 5.73 Å². The maximum atomic E-state index is 10.9. The summed E-state index contributed by atoms with van der Waals surface area (Å²) in [6.07, 6.45) is 5.81. The van der Waals surface area contributed by atoms with Gasteiger partial charge in [0.2, 0.25) is 0 Å². The van der Waals surface area contributed by atoms with Gasteiger partial charge in [0.1, 0.15) is 9.84 Å². The molecule has 7 heteroatoms. The molecule has 0 aliphatic heterocycles. The summed E-state index contributed by atoms with van der Waals surface area (Å²) >= 11 is 0. The van der Waals surface area contributed by atoms with E-state index in [-0.39, 0.29) is 5.75 Å². The summed E-state index contributed by atoms with van der Waals surface area (Å²) < 4.78 is 23.5. The van der Waals surface area contributed by atoms with Crippen LogP contribution in [0.3, 0.4) is 0 Å². The van der Waals surface area contributed by atoms with Crippen LogP contribution in [0.1, 0.15) is 18.5 Å². The Balaban J connectivity index is 2.39. The van der Waals surface area contributed by atoms with Crippen LogP contribution < -0.4 is 5.73 Å². The highest BCUT2D eigenvalue weighted by Crippen LogP contribution is 2.00. The first-order valence-corrected chi connectivity index (χ1v) is 7.34. The van der Waals surface area contributed by atoms with Crippen LogP contribution in [0.25, 0.3) is 0 Å². The summed E-state index contributed by atoms with van der Waals surface area (Å²) in [6, 6.07) is 0. The summed E-state index contributed by atoms with van der Waals surface area (Å²) in [7, 11) is -2.94. The van der Waals surface area contributed by atoms with Crippen LogP contribution in [0, 0.1) is 0 Å². The topological polar surface area (TPSA) is 90.9 Å². The van der Waals surface area contributed by atoms with Crippen molar-refractivity contribution >= 4 is 9.84 Å². The lowest BCUT2D eigenvalue weighted by Gasteiger charge is -1.97. The quantitative estimate of drug-likeness (QED) is 0.661. The predicted molar refractivity (Wildman–Crippen MR) is 61.7 cm³/mol. The van der Waals surface area contributed by atoms with Gasteiger partial charge in [-0.3, -0.25) is 4.68 Å². The van der Waals surface area contributed by atoms with Gasteiger partial charge in [-0.25, -0.2) is 8.42 Å². The van der Waals surface area contributed by atoms with Gasteiger partial charge in [-0.1, -0.05) is 5.21 Å². The van der Waals surface area contributed by atoms with Gasteiger partial charge in [-0.15, -0.1) is 5.10 Å². The third-order valence-corrected chi connectivity index (χ3v) is 3.09. The zero-order chi connectivity index (χ0) is 12.0. The maximum absolute atomic E-state index is 10.9. The lowest BCUT2D eigenvalue weighted by molar-refractivity contribution is 0.579. The Hall–Kier alpha value is -0.950. The highest BCUT2D eigenvalue weighted by molar-refractivity contribution is 7.90. The van der Waals surface area contributed by atoms with Crippen molar-refractivity contribution in [1.82, 2.24) is 15.0 Å². The monoisotopic (exact) mass is 246 g/mol. The fourth-order valence-electron chi connectivity index (χ4n) is 1.27. The minimum atomic E-state index is -2.94. The molecule has 0 spiro atoms. The molecule has 0 atom stereocenters. The van der Waals surface area contributed by atoms with Crippen LogP contribution >= 0.6 is 0 Å². The van der Waals surface area contributed by atoms with Crippen LogP contribution in [0.15, 0.2) is 6.20 Å². The van der Waals surface area contributed by atoms with Gasteiger partial charge in [0.15, 0.2) is 0 Å². The van der Waals surface area contributed by atoms with Crippen molar-refractivity contribution < 1.29 is 8.42 Å². The molecule has 0 unspecified atom stereocenters. The molecule has 1 aromatic rings. The summed E-state index contributed by atoms with van der Waals surface area (Å²) in [5.74, 6) is 0.0958. The van der Waals surface area contributed by atoms with E-state index in [1.807, 2.05) is 0 Å². The minimum absolute atomic E-state index is 0.0958. The van der Waals surface area contributed by atoms with Gasteiger partial charge >= 0.3 is 0 Å². The smallest absolute Gasteiger partial charge is 0.149 e. The molecule has 0 aliphatic carbocycles. The molecule has 0 aromatic carbocycles. The lowest BCUT2D eigenvalue weighted by Crippen LogP contribution is -2.11. The second-order valence-electron chi connectivity index (χ2n) is 3.85. The van der Waals surface area contributed by atoms with Crippen LogP contribution in [-0.2, 0) is 22.8 Å². The molecule has 1 rings (SSSR count). The van der Waals surface area contributed by atoms with Crippen LogP contribution in [0.2, 0.25) is 0 Å². The molecule has 0 saturated carbocycles. The number of unbranched alkanes of at least 4 members (excludes halogenated alkanes) is 1. The number of hydrogen-bond acceptors (Lipinski definition) is 5. The Morgan fingerprint density at radius 1 is 1.44 bits per heavy atom. The SMILES string of the molecule is CS(=O)(=O)CCn1cc(CCCCN)nn1. The molecule has 0 saturated heterocycles. The fraction of sp³-hybridized carbons (Fsp3) is 0.778. The molecule has 0 aliphatic rings. The molecule has 1 heterocycles. The first-order chi connectivity index (χ1) is 7.51. The number of nitrogens with zero attached hydrogens (tertiary/aromatic N) is 3. The second-order valence-corrected chi connectivity index (χ2v) is 6.11. The van der Waals surface area contributed by atoms with Gasteiger partial charge in [0, 0.05) is 12.5 Å². The van der Waals surface area contributed by atoms with Crippen molar-refractivity contribution in [3.63, 3.8) is 0 Å². The number of nitrogens with two attached hydrogens (primary N) is 1. The van der Waals surface area contributed by atoms with Crippen LogP contribution in [0.4, 0.5) is 0 Å². The molecule has 0 bridgehead atoms. The third-order valence-electron chi connectivity index (χ3n) is 2.16. The van der Waals surface area contributed by atoms with E-state index < -0.39 is 9.84 Å². The van der Waals surface area contributed by atoms with Crippen molar-refractivity contribution in [3.8, 4) is 0 Å². The lowest BCUT2D eigenvalue weighted by atomic mass is 10.2. The number of rotatable bonds is 7. The van der Waals surface area contributed by atoms with Crippen LogP contribution in [-0.4, -0.2) is 42.0 Å². The van der Waals surface area contributed by atoms with Gasteiger partial charge in [-0.05, 0) is 25.8 Å². The Morgan fingerprint density at radius 3 is 2.81 bits per heavy atom. The first-order valence-electron chi connectivity index (χ1n) is 5.28. The summed E-state index contributed by atoms with van der Waals surface area (Å²) in [6.45, 7) is 1.05. The zero-order valence-electron chi connectivity index (χ0n) is 9.46. The van der Waals surface area contributed by atoms with E-state index in [1.165, 1.54) is 6.26 Å². The fourth-order valence-corrected chi connectivity index (χ4v) is 1.79. The van der Waals surface area contributed by atoms with Crippen LogP contribution in [0.5, 0.6) is 0 Å². The number of aryl methyl sites for hydroxylation is 2. The van der Waals surface area contributed by atoms with Crippen molar-refractivity contribution in [2.45, 2.75) is 25.8 Å². The Kier molecular flexibility index (Phi) is 4.88. The van der Waals surface area contributed by atoms with Gasteiger partial charge in [0.05, 0.1) is 18.0 Å². The Labute approximate surface area is 95.7 Å². The molecule has 6 nitrogen and oxygen atoms in total. The molecule has 0 amide bonds. The van der Waals surface area contributed by atoms with E-state index in [0.717, 1.165) is 25.0 Å². The highest BCUT2D eigenvalue weighted by Gasteiger charge is 2.05. The van der Waals surface area contributed by atoms with Crippen molar-refractivity contribution in [3.05, 3.63) is 11.9 Å². The third kappa shape index (κ3) is 5.22. The van der Waals surface area contributed by atoms with E-state index in [4.69, 9.17) is 5.73 Å². The summed E-state index contributed by atoms with van der Waals surface area (Å²) in [4.78, 5) is 0. The van der Waals surface area contributed by atoms with E-state index in [0.29, 0.717) is 13.1 Å². The summed E-state index contributed by atoms with van der Waals surface area (Å²) in [5, 5.41) is 7.83. The Morgan fingerprint density at radius 2 is 2.19 bits per heavy atom. The average molecular weight is 246 g/mol. The van der Waals surface area contributed by atoms with Crippen molar-refractivity contribution in [2.24, 2.45) is 5.73 Å². The van der Waals surface area contributed by atoms with Gasteiger partial charge in [0.25, 0.3) is 0 Å². The van der Waals surface area contributed by atoms with Crippen molar-refractivity contribution in [1.29, 1.82) is 0 Å². The second kappa shape index (κ2) is 5.95. The number of sulfone groups is 1. The first kappa shape index (κ1) is 13.1. The average Bonchev–Trinajstić information content (AvgIpc) is 2.62. The minimum Gasteiger partial charge on any atom is -0.330 e. The molecular weight excluding hydrogens is 228 g/mol. The molecule has 92 valence electrons. The predicted octanol–water partition coefficient (Wildman–Crippen LogP) is -0.396. The standard InChI is InChI=1S/C9H18N4O2S/c1-16(14,15)7-6-13-8-9(11-12-13)4-2-3-5-10/h8H,2-7,10H2,1H3. The van der Waals surface area contributed by atoms with Gasteiger partial charge in [-0.2, -0.15) is 0 Å². The Bertz CT molecular complexity index is 413. The normalized spacial score (nSPS) is 11.9. The maximum Gasteiger partial charge on any atom is 0.149 e. The van der Waals surface area contributed by atoms with Crippen molar-refractivity contribution in [2.75, 3.05) is 18.6 Å². The molecule has 16 heavy (non-hydrogen) atoms. The largest absolute Gasteiger partial charge is 0.330 e. The van der Waals surface area contributed by atoms with E-state index in [9.17, 15) is 8.42 Å².